The van der Waals surface area contributed by atoms with Gasteiger partial charge < -0.3 is 5.32 Å². The van der Waals surface area contributed by atoms with Crippen LogP contribution in [0.3, 0.4) is 0 Å². The van der Waals surface area contributed by atoms with Crippen LogP contribution < -0.4 is 5.32 Å². The maximum Gasteiger partial charge on any atom is 0.135 e. The summed E-state index contributed by atoms with van der Waals surface area (Å²) in [5.74, 6) is 2.27. The summed E-state index contributed by atoms with van der Waals surface area (Å²) in [6, 6.07) is 11.7. The van der Waals surface area contributed by atoms with Gasteiger partial charge in [0, 0.05) is 18.0 Å². The van der Waals surface area contributed by atoms with E-state index in [1.807, 2.05) is 30.3 Å². The van der Waals surface area contributed by atoms with Gasteiger partial charge in [-0.25, -0.2) is 9.97 Å². The van der Waals surface area contributed by atoms with Gasteiger partial charge in [-0.2, -0.15) is 5.26 Å². The molecular weight excluding hydrogens is 328 g/mol. The molecule has 1 heterocycles. The predicted molar refractivity (Wildman–Crippen MR) is 84.9 cm³/mol. The molecule has 0 saturated heterocycles. The summed E-state index contributed by atoms with van der Waals surface area (Å²) in [5, 5.41) is 12.2. The minimum Gasteiger partial charge on any atom is -0.363 e. The highest BCUT2D eigenvalue weighted by Gasteiger charge is 2.27. The van der Waals surface area contributed by atoms with E-state index >= 15 is 0 Å². The van der Waals surface area contributed by atoms with Crippen LogP contribution >= 0.6 is 15.9 Å². The number of rotatable bonds is 4. The lowest BCUT2D eigenvalue weighted by Crippen LogP contribution is -2.09. The lowest BCUT2D eigenvalue weighted by molar-refractivity contribution is 0.850. The quantitative estimate of drug-likeness (QED) is 0.847. The Balaban J connectivity index is 1.77. The van der Waals surface area contributed by atoms with Crippen molar-refractivity contribution in [1.82, 2.24) is 9.97 Å². The zero-order chi connectivity index (χ0) is 14.8. The van der Waals surface area contributed by atoms with Gasteiger partial charge in [-0.3, -0.25) is 0 Å². The van der Waals surface area contributed by atoms with Gasteiger partial charge in [0.1, 0.15) is 16.2 Å². The van der Waals surface area contributed by atoms with E-state index in [0.29, 0.717) is 11.5 Å². The highest BCUT2D eigenvalue weighted by molar-refractivity contribution is 9.10. The summed E-state index contributed by atoms with van der Waals surface area (Å²) in [5.41, 5.74) is 1.79. The Morgan fingerprint density at radius 3 is 2.62 bits per heavy atom. The lowest BCUT2D eigenvalue weighted by Gasteiger charge is -2.15. The Hall–Kier alpha value is -1.93. The van der Waals surface area contributed by atoms with Gasteiger partial charge in [-0.15, -0.1) is 0 Å². The van der Waals surface area contributed by atoms with E-state index < -0.39 is 0 Å². The molecule has 1 N–H and O–H groups in total. The highest BCUT2D eigenvalue weighted by Crippen LogP contribution is 2.39. The molecule has 106 valence electrons. The number of nitrogens with zero attached hydrogens (tertiary/aromatic N) is 3. The van der Waals surface area contributed by atoms with Gasteiger partial charge in [0.05, 0.1) is 11.6 Å². The van der Waals surface area contributed by atoms with Crippen molar-refractivity contribution in [2.75, 3.05) is 5.32 Å². The molecule has 0 bridgehead atoms. The van der Waals surface area contributed by atoms with E-state index in [9.17, 15) is 0 Å². The molecule has 1 atom stereocenters. The molecule has 2 aromatic rings. The van der Waals surface area contributed by atoms with Crippen molar-refractivity contribution in [3.8, 4) is 6.07 Å². The second kappa shape index (κ2) is 5.82. The molecule has 0 amide bonds. The molecule has 1 fully saturated rings. The van der Waals surface area contributed by atoms with Gasteiger partial charge in [-0.1, -0.05) is 12.1 Å². The zero-order valence-corrected chi connectivity index (χ0v) is 13.3. The average molecular weight is 343 g/mol. The number of halogens is 1. The highest BCUT2D eigenvalue weighted by atomic mass is 79.9. The monoisotopic (exact) mass is 342 g/mol. The minimum atomic E-state index is 0.117. The maximum absolute atomic E-state index is 8.83. The molecule has 5 heteroatoms. The summed E-state index contributed by atoms with van der Waals surface area (Å²) in [6.07, 6.45) is 2.36. The van der Waals surface area contributed by atoms with E-state index in [-0.39, 0.29) is 6.04 Å². The molecule has 1 aromatic carbocycles. The van der Waals surface area contributed by atoms with Crippen LogP contribution in [0.5, 0.6) is 0 Å². The van der Waals surface area contributed by atoms with Crippen molar-refractivity contribution >= 4 is 21.7 Å². The Kier molecular flexibility index (Phi) is 3.89. The Bertz CT molecular complexity index is 686. The van der Waals surface area contributed by atoms with Crippen LogP contribution in [-0.4, -0.2) is 9.97 Å². The molecule has 0 aliphatic heterocycles. The standard InChI is InChI=1S/C16H15BrN4/c1-10(12-4-2-11(9-18)3-5-12)19-15-8-14(17)20-16(21-15)13-6-7-13/h2-5,8,10,13H,6-7H2,1H3,(H,19,20,21). The normalized spacial score (nSPS) is 15.3. The third-order valence-corrected chi connectivity index (χ3v) is 3.97. The van der Waals surface area contributed by atoms with Crippen molar-refractivity contribution in [3.63, 3.8) is 0 Å². The molecule has 1 aliphatic rings. The third kappa shape index (κ3) is 3.40. The van der Waals surface area contributed by atoms with Crippen LogP contribution in [0.4, 0.5) is 5.82 Å². The first-order chi connectivity index (χ1) is 10.2. The Labute approximate surface area is 132 Å². The van der Waals surface area contributed by atoms with Gasteiger partial charge >= 0.3 is 0 Å². The fourth-order valence-corrected chi connectivity index (χ4v) is 2.58. The summed E-state index contributed by atoms with van der Waals surface area (Å²) in [6.45, 7) is 2.08. The lowest BCUT2D eigenvalue weighted by atomic mass is 10.1. The molecule has 21 heavy (non-hydrogen) atoms. The Morgan fingerprint density at radius 2 is 2.00 bits per heavy atom. The second-order valence-electron chi connectivity index (χ2n) is 5.31. The van der Waals surface area contributed by atoms with Crippen LogP contribution in [0.1, 0.15) is 48.7 Å². The van der Waals surface area contributed by atoms with Crippen LogP contribution in [0.2, 0.25) is 0 Å². The van der Waals surface area contributed by atoms with Crippen LogP contribution in [0.15, 0.2) is 34.9 Å². The van der Waals surface area contributed by atoms with E-state index in [0.717, 1.165) is 21.8 Å². The first-order valence-corrected chi connectivity index (χ1v) is 7.76. The smallest absolute Gasteiger partial charge is 0.135 e. The van der Waals surface area contributed by atoms with Crippen molar-refractivity contribution in [2.45, 2.75) is 31.7 Å². The van der Waals surface area contributed by atoms with Gasteiger partial charge in [-0.05, 0) is 53.4 Å². The number of hydrogen-bond donors (Lipinski definition) is 1. The predicted octanol–water partition coefficient (Wildman–Crippen LogP) is 4.16. The minimum absolute atomic E-state index is 0.117. The molecule has 1 unspecified atom stereocenters. The number of benzene rings is 1. The zero-order valence-electron chi connectivity index (χ0n) is 11.7. The summed E-state index contributed by atoms with van der Waals surface area (Å²) >= 11 is 3.45. The van der Waals surface area contributed by atoms with Crippen LogP contribution in [-0.2, 0) is 0 Å². The average Bonchev–Trinajstić information content (AvgIpc) is 3.31. The number of hydrogen-bond acceptors (Lipinski definition) is 4. The van der Waals surface area contributed by atoms with Gasteiger partial charge in [0.25, 0.3) is 0 Å². The number of aromatic nitrogens is 2. The van der Waals surface area contributed by atoms with Crippen molar-refractivity contribution in [1.29, 1.82) is 5.26 Å². The van der Waals surface area contributed by atoms with Crippen molar-refractivity contribution < 1.29 is 0 Å². The number of anilines is 1. The summed E-state index contributed by atoms with van der Waals surface area (Å²) in [4.78, 5) is 9.02. The van der Waals surface area contributed by atoms with E-state index in [1.165, 1.54) is 12.8 Å². The third-order valence-electron chi connectivity index (χ3n) is 3.56. The molecule has 1 aliphatic carbocycles. The molecule has 0 radical (unpaired) electrons. The topological polar surface area (TPSA) is 61.6 Å². The summed E-state index contributed by atoms with van der Waals surface area (Å²) in [7, 11) is 0. The van der Waals surface area contributed by atoms with Crippen LogP contribution in [0.25, 0.3) is 0 Å². The largest absolute Gasteiger partial charge is 0.363 e. The summed E-state index contributed by atoms with van der Waals surface area (Å²) < 4.78 is 0.814. The molecule has 4 nitrogen and oxygen atoms in total. The first-order valence-electron chi connectivity index (χ1n) is 6.97. The van der Waals surface area contributed by atoms with Gasteiger partial charge in [0.15, 0.2) is 0 Å². The first kappa shape index (κ1) is 14.0. The molecule has 3 rings (SSSR count). The van der Waals surface area contributed by atoms with Crippen molar-refractivity contribution in [3.05, 3.63) is 51.9 Å². The SMILES string of the molecule is CC(Nc1cc(Br)nc(C2CC2)n1)c1ccc(C#N)cc1. The van der Waals surface area contributed by atoms with E-state index in [4.69, 9.17) is 5.26 Å². The second-order valence-corrected chi connectivity index (χ2v) is 6.12. The Morgan fingerprint density at radius 1 is 1.29 bits per heavy atom. The number of nitrogens with one attached hydrogen (secondary N) is 1. The molecule has 1 aromatic heterocycles. The molecule has 1 saturated carbocycles. The van der Waals surface area contributed by atoms with E-state index in [1.54, 1.807) is 0 Å². The van der Waals surface area contributed by atoms with E-state index in [2.05, 4.69) is 44.2 Å². The van der Waals surface area contributed by atoms with Crippen molar-refractivity contribution in [2.24, 2.45) is 0 Å². The van der Waals surface area contributed by atoms with Gasteiger partial charge in [0.2, 0.25) is 0 Å². The van der Waals surface area contributed by atoms with Crippen LogP contribution in [0, 0.1) is 11.3 Å². The fraction of sp³-hybridized carbons (Fsp3) is 0.312. The maximum atomic E-state index is 8.83. The molecule has 0 spiro atoms. The number of nitriles is 1. The molecular formula is C16H15BrN4. The fourth-order valence-electron chi connectivity index (χ4n) is 2.18.